The third-order valence-electron chi connectivity index (χ3n) is 16.7. The maximum Gasteiger partial charge on any atom is 0.186 e. The van der Waals surface area contributed by atoms with Crippen LogP contribution >= 0.6 is 0 Å². The molecule has 21 atom stereocenters. The van der Waals surface area contributed by atoms with E-state index in [0.717, 1.165) is 44.9 Å². The number of aliphatic hydroxyl groups excluding tert-OH is 7. The lowest BCUT2D eigenvalue weighted by Gasteiger charge is -2.65. The van der Waals surface area contributed by atoms with Crippen molar-refractivity contribution in [3.05, 3.63) is 0 Å². The smallest absolute Gasteiger partial charge is 0.186 e. The molecule has 8 rings (SSSR count). The van der Waals surface area contributed by atoms with Crippen LogP contribution in [-0.4, -0.2) is 136 Å². The highest BCUT2D eigenvalue weighted by atomic mass is 16.7. The topological polar surface area (TPSA) is 197 Å². The van der Waals surface area contributed by atoms with Gasteiger partial charge in [-0.2, -0.15) is 0 Å². The van der Waals surface area contributed by atoms with Gasteiger partial charge in [-0.3, -0.25) is 0 Å². The molecular weight excluding hydrogens is 664 g/mol. The molecule has 2 spiro atoms. The van der Waals surface area contributed by atoms with E-state index in [1.54, 1.807) is 7.11 Å². The Kier molecular flexibility index (Phi) is 9.16. The molecule has 3 saturated heterocycles. The van der Waals surface area contributed by atoms with Crippen molar-refractivity contribution < 1.29 is 64.2 Å². The van der Waals surface area contributed by atoms with Gasteiger partial charge in [-0.1, -0.05) is 34.6 Å². The van der Waals surface area contributed by atoms with Crippen molar-refractivity contribution in [1.29, 1.82) is 0 Å². The van der Waals surface area contributed by atoms with Gasteiger partial charge in [0.1, 0.15) is 42.7 Å². The van der Waals surface area contributed by atoms with Gasteiger partial charge in [0, 0.05) is 13.0 Å². The lowest BCUT2D eigenvalue weighted by molar-refractivity contribution is -0.335. The molecule has 0 unspecified atom stereocenters. The van der Waals surface area contributed by atoms with Crippen molar-refractivity contribution in [2.45, 2.75) is 166 Å². The van der Waals surface area contributed by atoms with E-state index < -0.39 is 67.3 Å². The molecule has 292 valence electrons. The number of hydrogen-bond acceptors (Lipinski definition) is 13. The van der Waals surface area contributed by atoms with Gasteiger partial charge in [0.25, 0.3) is 0 Å². The van der Waals surface area contributed by atoms with Crippen molar-refractivity contribution in [3.8, 4) is 0 Å². The summed E-state index contributed by atoms with van der Waals surface area (Å²) in [6, 6.07) is 0. The zero-order valence-electron chi connectivity index (χ0n) is 31.0. The summed E-state index contributed by atoms with van der Waals surface area (Å²) < 4.78 is 37.7. The van der Waals surface area contributed by atoms with Gasteiger partial charge in [-0.25, -0.2) is 0 Å². The summed E-state index contributed by atoms with van der Waals surface area (Å²) in [5, 5.41) is 73.8. The highest BCUT2D eigenvalue weighted by Crippen LogP contribution is 2.89. The largest absolute Gasteiger partial charge is 0.394 e. The second-order valence-corrected chi connectivity index (χ2v) is 19.0. The minimum Gasteiger partial charge on any atom is -0.394 e. The fourth-order valence-electron chi connectivity index (χ4n) is 13.9. The summed E-state index contributed by atoms with van der Waals surface area (Å²) in [6.45, 7) is 10.9. The highest BCUT2D eigenvalue weighted by Gasteiger charge is 2.85. The van der Waals surface area contributed by atoms with Crippen molar-refractivity contribution in [2.24, 2.45) is 50.7 Å². The summed E-state index contributed by atoms with van der Waals surface area (Å²) in [5.41, 5.74) is -0.663. The molecule has 13 heteroatoms. The third kappa shape index (κ3) is 5.06. The first-order valence-corrected chi connectivity index (χ1v) is 19.4. The number of rotatable bonds is 6. The Labute approximate surface area is 300 Å². The van der Waals surface area contributed by atoms with Crippen LogP contribution < -0.4 is 0 Å². The van der Waals surface area contributed by atoms with E-state index in [9.17, 15) is 35.7 Å². The third-order valence-corrected chi connectivity index (χ3v) is 16.7. The monoisotopic (exact) mass is 726 g/mol. The van der Waals surface area contributed by atoms with Gasteiger partial charge in [0.2, 0.25) is 0 Å². The molecule has 51 heavy (non-hydrogen) atoms. The van der Waals surface area contributed by atoms with Crippen LogP contribution in [0.4, 0.5) is 0 Å². The molecule has 0 aromatic rings. The summed E-state index contributed by atoms with van der Waals surface area (Å²) >= 11 is 0. The van der Waals surface area contributed by atoms with Crippen molar-refractivity contribution in [1.82, 2.24) is 0 Å². The molecule has 5 aliphatic carbocycles. The summed E-state index contributed by atoms with van der Waals surface area (Å²) in [6.07, 6.45) is -5.37. The molecule has 0 aromatic carbocycles. The predicted octanol–water partition coefficient (Wildman–Crippen LogP) is 1.05. The molecule has 3 heterocycles. The van der Waals surface area contributed by atoms with Crippen LogP contribution in [0.15, 0.2) is 0 Å². The quantitative estimate of drug-likeness (QED) is 0.192. The number of ether oxygens (including phenoxy) is 6. The summed E-state index contributed by atoms with van der Waals surface area (Å²) in [5.74, 6) is 0.837. The normalized spacial score (nSPS) is 60.3. The standard InChI is InChI=1S/C38H62O13/c1-17-11-18-21(49-31(17)46-6)13-36(5)30-20(48-33-29(45)27(43)26(42)22(14-39)50-33)12-23-34(2,3)24(51-32-28(44)25(41)19(40)15-47-32)7-8-37(23)16-38(30,37)10-9-35(18,36)4/h17-33,39-45H,7-16H2,1-6H3/t17-,18-,19-,20-,21-,22-,23-,24-,25+,26-,27+,28-,29-,30+,31-,32+,33-,35-,36-,37+,38-/m1/s1. The van der Waals surface area contributed by atoms with Gasteiger partial charge in [-0.05, 0) is 96.2 Å². The Morgan fingerprint density at radius 2 is 1.47 bits per heavy atom. The second kappa shape index (κ2) is 12.5. The summed E-state index contributed by atoms with van der Waals surface area (Å²) in [4.78, 5) is 0. The lowest BCUT2D eigenvalue weighted by Crippen LogP contribution is -2.65. The second-order valence-electron chi connectivity index (χ2n) is 19.0. The Balaban J connectivity index is 1.15. The van der Waals surface area contributed by atoms with Gasteiger partial charge in [0.15, 0.2) is 18.9 Å². The molecule has 8 aliphatic rings. The minimum atomic E-state index is -1.54. The SMILES string of the molecule is CO[C@@H]1O[C@@H]2C[C@]3(C)[C@@H]4[C@H](O[C@@H]5O[C@H](CO)[C@@H](O)[C@H](O)[C@H]5O)C[C@@H]5C(C)(C)[C@H](O[C@@H]6OC[C@@H](O)[C@H](O)[C@H]6O)CC[C@]56C[C@]46CC[C@]3(C)[C@@H]2C[C@H]1C. The molecular formula is C38H62O13. The van der Waals surface area contributed by atoms with E-state index in [-0.39, 0.29) is 70.6 Å². The van der Waals surface area contributed by atoms with Crippen LogP contribution in [0.25, 0.3) is 0 Å². The number of methoxy groups -OCH3 is 1. The van der Waals surface area contributed by atoms with Gasteiger partial charge >= 0.3 is 0 Å². The predicted molar refractivity (Wildman–Crippen MR) is 178 cm³/mol. The van der Waals surface area contributed by atoms with Crippen LogP contribution in [0.1, 0.15) is 86.0 Å². The molecule has 0 amide bonds. The molecule has 0 aromatic heterocycles. The van der Waals surface area contributed by atoms with Crippen molar-refractivity contribution in [2.75, 3.05) is 20.3 Å². The summed E-state index contributed by atoms with van der Waals surface area (Å²) in [7, 11) is 1.72. The fraction of sp³-hybridized carbons (Fsp3) is 1.00. The molecule has 3 aliphatic heterocycles. The zero-order valence-corrected chi connectivity index (χ0v) is 31.0. The van der Waals surface area contributed by atoms with Gasteiger partial charge in [0.05, 0.1) is 31.5 Å². The average molecular weight is 727 g/mol. The van der Waals surface area contributed by atoms with E-state index in [1.807, 2.05) is 0 Å². The first-order valence-electron chi connectivity index (χ1n) is 19.4. The van der Waals surface area contributed by atoms with Crippen molar-refractivity contribution >= 4 is 0 Å². The van der Waals surface area contributed by atoms with Gasteiger partial charge in [-0.15, -0.1) is 0 Å². The maximum absolute atomic E-state index is 11.2. The highest BCUT2D eigenvalue weighted by molar-refractivity contribution is 5.33. The maximum atomic E-state index is 11.2. The molecule has 5 saturated carbocycles. The van der Waals surface area contributed by atoms with Crippen LogP contribution in [-0.2, 0) is 28.4 Å². The number of hydrogen-bond donors (Lipinski definition) is 7. The molecule has 7 N–H and O–H groups in total. The van der Waals surface area contributed by atoms with Crippen LogP contribution in [0.3, 0.4) is 0 Å². The van der Waals surface area contributed by atoms with Crippen LogP contribution in [0, 0.1) is 50.7 Å². The Morgan fingerprint density at radius 1 is 0.745 bits per heavy atom. The lowest BCUT2D eigenvalue weighted by atomic mass is 9.41. The van der Waals surface area contributed by atoms with E-state index in [2.05, 4.69) is 34.6 Å². The van der Waals surface area contributed by atoms with Crippen LogP contribution in [0.2, 0.25) is 0 Å². The Morgan fingerprint density at radius 3 is 2.18 bits per heavy atom. The molecule has 13 nitrogen and oxygen atoms in total. The van der Waals surface area contributed by atoms with Crippen molar-refractivity contribution in [3.63, 3.8) is 0 Å². The van der Waals surface area contributed by atoms with Crippen LogP contribution in [0.5, 0.6) is 0 Å². The zero-order chi connectivity index (χ0) is 36.6. The van der Waals surface area contributed by atoms with E-state index in [1.165, 1.54) is 0 Å². The minimum absolute atomic E-state index is 0.0271. The fourth-order valence-corrected chi connectivity index (χ4v) is 13.9. The number of fused-ring (bicyclic) bond motifs is 4. The van der Waals surface area contributed by atoms with E-state index in [0.29, 0.717) is 12.3 Å². The van der Waals surface area contributed by atoms with E-state index >= 15 is 0 Å². The molecule has 8 fully saturated rings. The molecule has 0 bridgehead atoms. The van der Waals surface area contributed by atoms with E-state index in [4.69, 9.17) is 28.4 Å². The first-order chi connectivity index (χ1) is 24.0. The first kappa shape index (κ1) is 37.4. The van der Waals surface area contributed by atoms with Gasteiger partial charge < -0.3 is 64.2 Å². The molecule has 0 radical (unpaired) electrons. The number of aliphatic hydroxyl groups is 7. The Bertz CT molecular complexity index is 1320. The Hall–Kier alpha value is -0.520. The average Bonchev–Trinajstić information content (AvgIpc) is 3.69.